The van der Waals surface area contributed by atoms with Gasteiger partial charge in [-0.1, -0.05) is 0 Å². The molecule has 0 aliphatic carbocycles. The number of likely N-dealkylation sites (tertiary alicyclic amines) is 2. The molecule has 2 aliphatic rings. The molecule has 2 saturated heterocycles. The Kier molecular flexibility index (Phi) is 3.78. The standard InChI is InChI=1S/C15H28N6/c1-14(2,3)21-13(16-17-18-21)11-20-10-7-15(12-20)5-8-19(4)9-6-15/h5-12H2,1-4H3. The predicted molar refractivity (Wildman–Crippen MR) is 81.9 cm³/mol. The van der Waals surface area contributed by atoms with Crippen molar-refractivity contribution in [3.63, 3.8) is 0 Å². The quantitative estimate of drug-likeness (QED) is 0.823. The Labute approximate surface area is 127 Å². The number of nitrogens with zero attached hydrogens (tertiary/aromatic N) is 6. The molecular formula is C15H28N6. The zero-order valence-corrected chi connectivity index (χ0v) is 13.8. The Morgan fingerprint density at radius 2 is 1.76 bits per heavy atom. The summed E-state index contributed by atoms with van der Waals surface area (Å²) in [6.07, 6.45) is 4.01. The SMILES string of the molecule is CN1CCC2(CC1)CCN(Cc1nnnn1C(C)(C)C)C2. The van der Waals surface area contributed by atoms with Gasteiger partial charge in [-0.25, -0.2) is 4.68 Å². The minimum absolute atomic E-state index is 0.0518. The summed E-state index contributed by atoms with van der Waals surface area (Å²) in [6, 6.07) is 0. The molecule has 3 rings (SSSR count). The van der Waals surface area contributed by atoms with Crippen LogP contribution in [0.3, 0.4) is 0 Å². The minimum Gasteiger partial charge on any atom is -0.306 e. The predicted octanol–water partition coefficient (Wildman–Crippen LogP) is 1.35. The fourth-order valence-electron chi connectivity index (χ4n) is 3.69. The Balaban J connectivity index is 1.64. The molecule has 0 aromatic carbocycles. The normalized spacial score (nSPS) is 24.0. The first kappa shape index (κ1) is 14.9. The van der Waals surface area contributed by atoms with E-state index in [0.29, 0.717) is 5.41 Å². The molecule has 0 radical (unpaired) electrons. The largest absolute Gasteiger partial charge is 0.306 e. The van der Waals surface area contributed by atoms with Gasteiger partial charge in [0.1, 0.15) is 0 Å². The summed E-state index contributed by atoms with van der Waals surface area (Å²) in [5, 5.41) is 12.3. The van der Waals surface area contributed by atoms with Crippen molar-refractivity contribution in [2.75, 3.05) is 33.2 Å². The summed E-state index contributed by atoms with van der Waals surface area (Å²) >= 11 is 0. The van der Waals surface area contributed by atoms with Crippen molar-refractivity contribution in [3.05, 3.63) is 5.82 Å². The first-order valence-corrected chi connectivity index (χ1v) is 8.07. The molecule has 6 heteroatoms. The third-order valence-electron chi connectivity index (χ3n) is 5.10. The van der Waals surface area contributed by atoms with Gasteiger partial charge in [0.25, 0.3) is 0 Å². The van der Waals surface area contributed by atoms with Crippen LogP contribution >= 0.6 is 0 Å². The first-order valence-electron chi connectivity index (χ1n) is 8.07. The maximum Gasteiger partial charge on any atom is 0.165 e. The van der Waals surface area contributed by atoms with Crippen molar-refractivity contribution in [3.8, 4) is 0 Å². The number of rotatable bonds is 2. The summed E-state index contributed by atoms with van der Waals surface area (Å²) in [7, 11) is 2.23. The average Bonchev–Trinajstić information content (AvgIpc) is 3.01. The van der Waals surface area contributed by atoms with E-state index in [2.05, 4.69) is 53.1 Å². The van der Waals surface area contributed by atoms with Crippen molar-refractivity contribution in [2.45, 2.75) is 52.1 Å². The number of hydrogen-bond donors (Lipinski definition) is 0. The fourth-order valence-corrected chi connectivity index (χ4v) is 3.69. The molecule has 6 nitrogen and oxygen atoms in total. The molecule has 21 heavy (non-hydrogen) atoms. The molecule has 1 aromatic heterocycles. The summed E-state index contributed by atoms with van der Waals surface area (Å²) in [4.78, 5) is 4.99. The van der Waals surface area contributed by atoms with E-state index in [1.807, 2.05) is 4.68 Å². The van der Waals surface area contributed by atoms with Crippen LogP contribution in [0.2, 0.25) is 0 Å². The van der Waals surface area contributed by atoms with Crippen LogP contribution in [0, 0.1) is 5.41 Å². The Bertz CT molecular complexity index is 481. The third kappa shape index (κ3) is 3.11. The highest BCUT2D eigenvalue weighted by molar-refractivity contribution is 4.96. The molecule has 1 aromatic rings. The molecule has 0 saturated carbocycles. The second-order valence-corrected chi connectivity index (χ2v) is 7.94. The highest BCUT2D eigenvalue weighted by atomic mass is 15.6. The zero-order chi connectivity index (χ0) is 15.1. The van der Waals surface area contributed by atoms with Gasteiger partial charge in [0, 0.05) is 6.54 Å². The van der Waals surface area contributed by atoms with Gasteiger partial charge in [-0.2, -0.15) is 0 Å². The van der Waals surface area contributed by atoms with Crippen molar-refractivity contribution in [2.24, 2.45) is 5.41 Å². The average molecular weight is 292 g/mol. The monoisotopic (exact) mass is 292 g/mol. The number of piperidine rings is 1. The van der Waals surface area contributed by atoms with Crippen LogP contribution in [0.4, 0.5) is 0 Å². The Morgan fingerprint density at radius 1 is 1.10 bits per heavy atom. The maximum atomic E-state index is 4.24. The molecule has 2 fully saturated rings. The van der Waals surface area contributed by atoms with E-state index in [9.17, 15) is 0 Å². The lowest BCUT2D eigenvalue weighted by atomic mass is 9.78. The second kappa shape index (κ2) is 5.32. The van der Waals surface area contributed by atoms with Gasteiger partial charge in [-0.15, -0.1) is 5.10 Å². The molecule has 2 aliphatic heterocycles. The smallest absolute Gasteiger partial charge is 0.165 e. The summed E-state index contributed by atoms with van der Waals surface area (Å²) in [5.74, 6) is 0.993. The van der Waals surface area contributed by atoms with E-state index in [4.69, 9.17) is 0 Å². The van der Waals surface area contributed by atoms with Crippen LogP contribution in [0.15, 0.2) is 0 Å². The summed E-state index contributed by atoms with van der Waals surface area (Å²) in [6.45, 7) is 12.2. The van der Waals surface area contributed by atoms with Gasteiger partial charge in [0.2, 0.25) is 0 Å². The Hall–Kier alpha value is -1.01. The molecule has 0 atom stereocenters. The van der Waals surface area contributed by atoms with Crippen LogP contribution in [-0.4, -0.2) is 63.2 Å². The number of hydrogen-bond acceptors (Lipinski definition) is 5. The number of aromatic nitrogens is 4. The van der Waals surface area contributed by atoms with Crippen LogP contribution in [0.25, 0.3) is 0 Å². The fraction of sp³-hybridized carbons (Fsp3) is 0.933. The summed E-state index contributed by atoms with van der Waals surface area (Å²) < 4.78 is 1.96. The Morgan fingerprint density at radius 3 is 2.43 bits per heavy atom. The molecule has 0 unspecified atom stereocenters. The highest BCUT2D eigenvalue weighted by Gasteiger charge is 2.40. The molecule has 0 amide bonds. The van der Waals surface area contributed by atoms with Gasteiger partial charge >= 0.3 is 0 Å². The lowest BCUT2D eigenvalue weighted by Crippen LogP contribution is -2.39. The summed E-state index contributed by atoms with van der Waals surface area (Å²) in [5.41, 5.74) is 0.496. The minimum atomic E-state index is -0.0518. The van der Waals surface area contributed by atoms with Crippen LogP contribution in [0.1, 0.15) is 45.9 Å². The molecule has 0 N–H and O–H groups in total. The maximum absolute atomic E-state index is 4.24. The van der Waals surface area contributed by atoms with Gasteiger partial charge in [0.15, 0.2) is 5.82 Å². The van der Waals surface area contributed by atoms with Crippen molar-refractivity contribution < 1.29 is 0 Å². The topological polar surface area (TPSA) is 50.1 Å². The molecule has 1 spiro atoms. The van der Waals surface area contributed by atoms with E-state index in [1.54, 1.807) is 0 Å². The van der Waals surface area contributed by atoms with E-state index in [-0.39, 0.29) is 5.54 Å². The van der Waals surface area contributed by atoms with Crippen molar-refractivity contribution in [1.29, 1.82) is 0 Å². The van der Waals surface area contributed by atoms with Gasteiger partial charge in [-0.05, 0) is 82.6 Å². The second-order valence-electron chi connectivity index (χ2n) is 7.94. The van der Waals surface area contributed by atoms with E-state index in [1.165, 1.54) is 45.4 Å². The molecular weight excluding hydrogens is 264 g/mol. The zero-order valence-electron chi connectivity index (χ0n) is 13.8. The third-order valence-corrected chi connectivity index (χ3v) is 5.10. The van der Waals surface area contributed by atoms with Crippen molar-refractivity contribution in [1.82, 2.24) is 30.0 Å². The molecule has 118 valence electrons. The van der Waals surface area contributed by atoms with E-state index >= 15 is 0 Å². The van der Waals surface area contributed by atoms with E-state index in [0.717, 1.165) is 12.4 Å². The molecule has 3 heterocycles. The van der Waals surface area contributed by atoms with E-state index < -0.39 is 0 Å². The lowest BCUT2D eigenvalue weighted by Gasteiger charge is -2.37. The van der Waals surface area contributed by atoms with Gasteiger partial charge in [-0.3, -0.25) is 4.90 Å². The molecule has 0 bridgehead atoms. The van der Waals surface area contributed by atoms with Crippen LogP contribution < -0.4 is 0 Å². The van der Waals surface area contributed by atoms with Crippen molar-refractivity contribution >= 4 is 0 Å². The first-order chi connectivity index (χ1) is 9.88. The lowest BCUT2D eigenvalue weighted by molar-refractivity contribution is 0.123. The highest BCUT2D eigenvalue weighted by Crippen LogP contribution is 2.40. The van der Waals surface area contributed by atoms with Crippen LogP contribution in [-0.2, 0) is 12.1 Å². The number of tetrazole rings is 1. The van der Waals surface area contributed by atoms with Crippen LogP contribution in [0.5, 0.6) is 0 Å². The van der Waals surface area contributed by atoms with Gasteiger partial charge in [0.05, 0.1) is 12.1 Å². The van der Waals surface area contributed by atoms with Gasteiger partial charge < -0.3 is 4.90 Å².